The van der Waals surface area contributed by atoms with Crippen LogP contribution in [0.5, 0.6) is 0 Å². The van der Waals surface area contributed by atoms with Crippen molar-refractivity contribution in [2.45, 2.75) is 26.2 Å². The number of thiophene rings is 1. The predicted octanol–water partition coefficient (Wildman–Crippen LogP) is 7.10. The van der Waals surface area contributed by atoms with Gasteiger partial charge in [0.2, 0.25) is 0 Å². The molecule has 1 heterocycles. The number of anilines is 2. The molecular formula is C22H21NS. The molecule has 0 fully saturated rings. The van der Waals surface area contributed by atoms with Gasteiger partial charge in [-0.2, -0.15) is 0 Å². The van der Waals surface area contributed by atoms with E-state index in [9.17, 15) is 0 Å². The van der Waals surface area contributed by atoms with Crippen LogP contribution in [0.3, 0.4) is 0 Å². The Morgan fingerprint density at radius 1 is 0.750 bits per heavy atom. The van der Waals surface area contributed by atoms with E-state index in [0.29, 0.717) is 0 Å². The fraction of sp³-hybridized carbons (Fsp3) is 0.182. The van der Waals surface area contributed by atoms with Crippen LogP contribution < -0.4 is 5.32 Å². The molecule has 3 aromatic carbocycles. The molecule has 0 unspecified atom stereocenters. The topological polar surface area (TPSA) is 12.0 Å². The molecule has 4 aromatic rings. The van der Waals surface area contributed by atoms with E-state index >= 15 is 0 Å². The zero-order valence-corrected chi connectivity index (χ0v) is 15.1. The van der Waals surface area contributed by atoms with Crippen LogP contribution >= 0.6 is 11.3 Å². The summed E-state index contributed by atoms with van der Waals surface area (Å²) >= 11 is 1.85. The summed E-state index contributed by atoms with van der Waals surface area (Å²) in [6.45, 7) is 6.73. The molecule has 2 heteroatoms. The lowest BCUT2D eigenvalue weighted by molar-refractivity contribution is 0.590. The number of rotatable bonds is 2. The molecule has 24 heavy (non-hydrogen) atoms. The van der Waals surface area contributed by atoms with Crippen LogP contribution in [-0.4, -0.2) is 0 Å². The van der Waals surface area contributed by atoms with Crippen molar-refractivity contribution in [3.8, 4) is 0 Å². The maximum absolute atomic E-state index is 3.60. The van der Waals surface area contributed by atoms with E-state index in [4.69, 9.17) is 0 Å². The first kappa shape index (κ1) is 15.2. The number of benzene rings is 3. The van der Waals surface area contributed by atoms with Gasteiger partial charge in [0, 0.05) is 21.2 Å². The first-order valence-corrected chi connectivity index (χ1v) is 9.12. The lowest BCUT2D eigenvalue weighted by Gasteiger charge is -2.19. The summed E-state index contributed by atoms with van der Waals surface area (Å²) in [7, 11) is 0. The molecule has 1 aromatic heterocycles. The van der Waals surface area contributed by atoms with E-state index in [1.54, 1.807) is 0 Å². The number of nitrogens with one attached hydrogen (secondary N) is 1. The summed E-state index contributed by atoms with van der Waals surface area (Å²) in [5, 5.41) is 6.26. The highest BCUT2D eigenvalue weighted by Crippen LogP contribution is 2.39. The maximum Gasteiger partial charge on any atom is 0.0590 e. The third kappa shape index (κ3) is 2.67. The lowest BCUT2D eigenvalue weighted by Crippen LogP contribution is -2.10. The highest BCUT2D eigenvalue weighted by molar-refractivity contribution is 7.26. The van der Waals surface area contributed by atoms with Crippen molar-refractivity contribution in [2.24, 2.45) is 0 Å². The second-order valence-electron chi connectivity index (χ2n) is 7.23. The van der Waals surface area contributed by atoms with Gasteiger partial charge in [-0.05, 0) is 35.2 Å². The summed E-state index contributed by atoms with van der Waals surface area (Å²) in [6, 6.07) is 23.9. The second kappa shape index (κ2) is 5.64. The first-order valence-electron chi connectivity index (χ1n) is 8.30. The third-order valence-electron chi connectivity index (χ3n) is 4.43. The fourth-order valence-corrected chi connectivity index (χ4v) is 4.23. The van der Waals surface area contributed by atoms with Crippen molar-refractivity contribution in [1.82, 2.24) is 0 Å². The van der Waals surface area contributed by atoms with Crippen molar-refractivity contribution in [1.29, 1.82) is 0 Å². The molecule has 0 aliphatic heterocycles. The molecule has 0 bridgehead atoms. The average Bonchev–Trinajstić information content (AvgIpc) is 2.94. The Morgan fingerprint density at radius 3 is 2.21 bits per heavy atom. The van der Waals surface area contributed by atoms with Gasteiger partial charge in [0.1, 0.15) is 0 Å². The van der Waals surface area contributed by atoms with Crippen LogP contribution in [0.15, 0.2) is 66.7 Å². The van der Waals surface area contributed by atoms with Crippen LogP contribution in [0.1, 0.15) is 26.3 Å². The van der Waals surface area contributed by atoms with E-state index < -0.39 is 0 Å². The highest BCUT2D eigenvalue weighted by atomic mass is 32.1. The largest absolute Gasteiger partial charge is 0.354 e. The number of hydrogen-bond donors (Lipinski definition) is 1. The van der Waals surface area contributed by atoms with Crippen molar-refractivity contribution in [3.63, 3.8) is 0 Å². The molecular weight excluding hydrogens is 310 g/mol. The van der Waals surface area contributed by atoms with Crippen LogP contribution in [0, 0.1) is 0 Å². The van der Waals surface area contributed by atoms with Gasteiger partial charge < -0.3 is 5.32 Å². The Labute approximate surface area is 147 Å². The summed E-state index contributed by atoms with van der Waals surface area (Å²) < 4.78 is 2.66. The van der Waals surface area contributed by atoms with Crippen molar-refractivity contribution >= 4 is 42.9 Å². The molecule has 0 aliphatic rings. The molecule has 0 aliphatic carbocycles. The number of hydrogen-bond acceptors (Lipinski definition) is 2. The van der Waals surface area contributed by atoms with Gasteiger partial charge in [-0.1, -0.05) is 63.2 Å². The van der Waals surface area contributed by atoms with E-state index in [1.165, 1.54) is 31.4 Å². The summed E-state index contributed by atoms with van der Waals surface area (Å²) in [5.74, 6) is 0. The number of fused-ring (bicyclic) bond motifs is 3. The molecule has 120 valence electrons. The summed E-state index contributed by atoms with van der Waals surface area (Å²) in [6.07, 6.45) is 0. The minimum atomic E-state index is 0.185. The normalized spacial score (nSPS) is 12.0. The van der Waals surface area contributed by atoms with Crippen LogP contribution in [0.4, 0.5) is 11.4 Å². The van der Waals surface area contributed by atoms with Gasteiger partial charge >= 0.3 is 0 Å². The Bertz CT molecular complexity index is 1000. The molecule has 1 nitrogen and oxygen atoms in total. The third-order valence-corrected chi connectivity index (χ3v) is 5.65. The Balaban J connectivity index is 1.74. The van der Waals surface area contributed by atoms with Gasteiger partial charge in [-0.3, -0.25) is 0 Å². The Kier molecular flexibility index (Phi) is 3.58. The highest BCUT2D eigenvalue weighted by Gasteiger charge is 2.13. The maximum atomic E-state index is 3.60. The minimum absolute atomic E-state index is 0.185. The zero-order valence-electron chi connectivity index (χ0n) is 14.3. The molecule has 1 N–H and O–H groups in total. The van der Waals surface area contributed by atoms with Gasteiger partial charge in [0.15, 0.2) is 0 Å². The Hall–Kier alpha value is -2.32. The zero-order chi connectivity index (χ0) is 16.7. The average molecular weight is 331 g/mol. The second-order valence-corrected chi connectivity index (χ2v) is 8.29. The fourth-order valence-electron chi connectivity index (χ4n) is 3.05. The predicted molar refractivity (Wildman–Crippen MR) is 108 cm³/mol. The van der Waals surface area contributed by atoms with Gasteiger partial charge in [0.25, 0.3) is 0 Å². The SMILES string of the molecule is CC(C)(C)c1ccc(Nc2cccc3c2sc2ccccc23)cc1. The van der Waals surface area contributed by atoms with Crippen molar-refractivity contribution < 1.29 is 0 Å². The smallest absolute Gasteiger partial charge is 0.0590 e. The molecule has 0 spiro atoms. The molecule has 0 saturated carbocycles. The van der Waals surface area contributed by atoms with Crippen LogP contribution in [0.25, 0.3) is 20.2 Å². The standard InChI is InChI=1S/C22H21NS/c1-22(2,3)15-11-13-16(14-12-15)23-19-9-6-8-18-17-7-4-5-10-20(17)24-21(18)19/h4-14,23H,1-3H3. The van der Waals surface area contributed by atoms with Gasteiger partial charge in [-0.15, -0.1) is 11.3 Å². The molecule has 0 saturated heterocycles. The van der Waals surface area contributed by atoms with E-state index in [2.05, 4.69) is 92.8 Å². The quantitative estimate of drug-likeness (QED) is 0.413. The Morgan fingerprint density at radius 2 is 1.46 bits per heavy atom. The minimum Gasteiger partial charge on any atom is -0.354 e. The first-order chi connectivity index (χ1) is 11.5. The van der Waals surface area contributed by atoms with Gasteiger partial charge in [-0.25, -0.2) is 0 Å². The molecule has 4 rings (SSSR count). The van der Waals surface area contributed by atoms with E-state index in [-0.39, 0.29) is 5.41 Å². The monoisotopic (exact) mass is 331 g/mol. The van der Waals surface area contributed by atoms with Crippen LogP contribution in [-0.2, 0) is 5.41 Å². The van der Waals surface area contributed by atoms with Crippen molar-refractivity contribution in [2.75, 3.05) is 5.32 Å². The summed E-state index contributed by atoms with van der Waals surface area (Å²) in [5.41, 5.74) is 3.85. The van der Waals surface area contributed by atoms with Crippen LogP contribution in [0.2, 0.25) is 0 Å². The van der Waals surface area contributed by atoms with Gasteiger partial charge in [0.05, 0.1) is 10.4 Å². The molecule has 0 atom stereocenters. The lowest BCUT2D eigenvalue weighted by atomic mass is 9.87. The van der Waals surface area contributed by atoms with E-state index in [0.717, 1.165) is 5.69 Å². The molecule has 0 radical (unpaired) electrons. The van der Waals surface area contributed by atoms with E-state index in [1.807, 2.05) is 11.3 Å². The molecule has 0 amide bonds. The van der Waals surface area contributed by atoms with Crippen molar-refractivity contribution in [3.05, 3.63) is 72.3 Å². The summed E-state index contributed by atoms with van der Waals surface area (Å²) in [4.78, 5) is 0.